The van der Waals surface area contributed by atoms with Gasteiger partial charge < -0.3 is 19.9 Å². The van der Waals surface area contributed by atoms with Gasteiger partial charge in [-0.1, -0.05) is 24.3 Å². The third kappa shape index (κ3) is 3.61. The van der Waals surface area contributed by atoms with Crippen molar-refractivity contribution < 1.29 is 15.3 Å². The quantitative estimate of drug-likeness (QED) is 0.632. The van der Waals surface area contributed by atoms with E-state index in [1.165, 1.54) is 0 Å². The number of aliphatic hydroxyl groups excluding tert-OH is 1. The minimum Gasteiger partial charge on any atom is -0.507 e. The summed E-state index contributed by atoms with van der Waals surface area (Å²) in [7, 11) is 2.85. The van der Waals surface area contributed by atoms with E-state index in [2.05, 4.69) is 10.2 Å². The fourth-order valence-corrected chi connectivity index (χ4v) is 2.22. The number of benzene rings is 2. The molecule has 3 N–H and O–H groups in total. The average molecular weight is 325 g/mol. The third-order valence-electron chi connectivity index (χ3n) is 3.42. The number of phenolic OH excluding ortho intramolecular Hbond substituents is 2. The molecule has 6 heteroatoms. The number of para-hydroxylation sites is 2. The second kappa shape index (κ2) is 7.94. The summed E-state index contributed by atoms with van der Waals surface area (Å²) in [6, 6.07) is 17.6. The summed E-state index contributed by atoms with van der Waals surface area (Å²) in [5.74, 6) is 0.927. The van der Waals surface area contributed by atoms with E-state index in [1.54, 1.807) is 36.4 Å². The summed E-state index contributed by atoms with van der Waals surface area (Å²) < 4.78 is 1.83. The van der Waals surface area contributed by atoms with Gasteiger partial charge in [0.2, 0.25) is 0 Å². The Morgan fingerprint density at radius 2 is 1.38 bits per heavy atom. The van der Waals surface area contributed by atoms with Crippen molar-refractivity contribution in [1.29, 1.82) is 0 Å². The van der Waals surface area contributed by atoms with Gasteiger partial charge in [0.15, 0.2) is 5.82 Å². The SMILES string of the molecule is CO.Cn1c(N=Nc2ccccc2O)ccc1-c1ccccc1O. The standard InChI is InChI=1S/C17H15N3O2.CH4O/c1-20-14(12-6-2-4-8-15(12)21)10-11-17(20)19-18-13-7-3-5-9-16(13)22;1-2/h2-11,21-22H,1H3;2H,1H3. The monoisotopic (exact) mass is 325 g/mol. The van der Waals surface area contributed by atoms with Crippen LogP contribution < -0.4 is 0 Å². The van der Waals surface area contributed by atoms with Gasteiger partial charge in [-0.3, -0.25) is 0 Å². The van der Waals surface area contributed by atoms with Crippen LogP contribution in [0.25, 0.3) is 11.3 Å². The smallest absolute Gasteiger partial charge is 0.155 e. The molecule has 2 aromatic carbocycles. The lowest BCUT2D eigenvalue weighted by Crippen LogP contribution is -1.90. The van der Waals surface area contributed by atoms with E-state index in [0.717, 1.165) is 18.4 Å². The first-order valence-electron chi connectivity index (χ1n) is 7.25. The molecule has 0 saturated carbocycles. The minimum absolute atomic E-state index is 0.0846. The first-order chi connectivity index (χ1) is 11.7. The second-order valence-corrected chi connectivity index (χ2v) is 4.84. The number of hydrogen-bond donors (Lipinski definition) is 3. The van der Waals surface area contributed by atoms with Gasteiger partial charge in [0.25, 0.3) is 0 Å². The molecule has 0 aliphatic heterocycles. The number of rotatable bonds is 3. The van der Waals surface area contributed by atoms with E-state index in [0.29, 0.717) is 11.5 Å². The fourth-order valence-electron chi connectivity index (χ4n) is 2.22. The fraction of sp³-hybridized carbons (Fsp3) is 0.111. The highest BCUT2D eigenvalue weighted by Crippen LogP contribution is 2.33. The number of hydrogen-bond acceptors (Lipinski definition) is 5. The Kier molecular flexibility index (Phi) is 5.70. The molecule has 6 nitrogen and oxygen atoms in total. The first-order valence-corrected chi connectivity index (χ1v) is 7.25. The van der Waals surface area contributed by atoms with Crippen molar-refractivity contribution in [3.8, 4) is 22.8 Å². The van der Waals surface area contributed by atoms with E-state index in [4.69, 9.17) is 5.11 Å². The van der Waals surface area contributed by atoms with Gasteiger partial charge in [-0.2, -0.15) is 0 Å². The number of nitrogens with zero attached hydrogens (tertiary/aromatic N) is 3. The molecule has 0 aliphatic rings. The molecule has 0 spiro atoms. The van der Waals surface area contributed by atoms with Gasteiger partial charge in [0.05, 0.1) is 5.69 Å². The van der Waals surface area contributed by atoms with Crippen LogP contribution >= 0.6 is 0 Å². The maximum absolute atomic E-state index is 9.94. The number of aliphatic hydroxyl groups is 1. The van der Waals surface area contributed by atoms with E-state index in [1.807, 2.05) is 35.9 Å². The summed E-state index contributed by atoms with van der Waals surface area (Å²) in [5, 5.41) is 34.8. The summed E-state index contributed by atoms with van der Waals surface area (Å²) in [6.07, 6.45) is 0. The number of aromatic nitrogens is 1. The van der Waals surface area contributed by atoms with Gasteiger partial charge in [-0.25, -0.2) is 0 Å². The topological polar surface area (TPSA) is 90.3 Å². The van der Waals surface area contributed by atoms with Crippen LogP contribution in [0.1, 0.15) is 0 Å². The Bertz CT molecular complexity index is 841. The highest BCUT2D eigenvalue weighted by Gasteiger charge is 2.09. The van der Waals surface area contributed by atoms with Gasteiger partial charge in [0.1, 0.15) is 17.2 Å². The van der Waals surface area contributed by atoms with Crippen molar-refractivity contribution in [2.45, 2.75) is 0 Å². The molecule has 0 unspecified atom stereocenters. The zero-order valence-corrected chi connectivity index (χ0v) is 13.5. The molecule has 0 saturated heterocycles. The van der Waals surface area contributed by atoms with Crippen molar-refractivity contribution in [2.24, 2.45) is 17.3 Å². The molecule has 0 aliphatic carbocycles. The van der Waals surface area contributed by atoms with Crippen LogP contribution in [0.2, 0.25) is 0 Å². The van der Waals surface area contributed by atoms with Crippen molar-refractivity contribution in [2.75, 3.05) is 7.11 Å². The number of phenols is 2. The molecular weight excluding hydrogens is 306 g/mol. The van der Waals surface area contributed by atoms with E-state index in [9.17, 15) is 10.2 Å². The van der Waals surface area contributed by atoms with E-state index in [-0.39, 0.29) is 11.5 Å². The Labute approximate surface area is 140 Å². The van der Waals surface area contributed by atoms with Crippen molar-refractivity contribution in [3.63, 3.8) is 0 Å². The normalized spacial score (nSPS) is 10.5. The predicted octanol–water partition coefficient (Wildman–Crippen LogP) is 4.13. The maximum atomic E-state index is 9.94. The molecule has 0 radical (unpaired) electrons. The Morgan fingerprint density at radius 3 is 2.04 bits per heavy atom. The predicted molar refractivity (Wildman–Crippen MR) is 92.9 cm³/mol. The van der Waals surface area contributed by atoms with Crippen LogP contribution in [0, 0.1) is 0 Å². The molecule has 124 valence electrons. The molecule has 24 heavy (non-hydrogen) atoms. The molecule has 0 bridgehead atoms. The zero-order valence-electron chi connectivity index (χ0n) is 13.5. The van der Waals surface area contributed by atoms with Gasteiger partial charge in [-0.05, 0) is 36.4 Å². The third-order valence-corrected chi connectivity index (χ3v) is 3.42. The molecular formula is C18H19N3O3. The van der Waals surface area contributed by atoms with Crippen LogP contribution in [0.3, 0.4) is 0 Å². The molecule has 0 atom stereocenters. The summed E-state index contributed by atoms with van der Waals surface area (Å²) in [6.45, 7) is 0. The molecule has 3 rings (SSSR count). The van der Waals surface area contributed by atoms with Crippen LogP contribution in [-0.4, -0.2) is 27.0 Å². The van der Waals surface area contributed by atoms with E-state index < -0.39 is 0 Å². The van der Waals surface area contributed by atoms with E-state index >= 15 is 0 Å². The van der Waals surface area contributed by atoms with Crippen LogP contribution in [0.15, 0.2) is 70.9 Å². The summed E-state index contributed by atoms with van der Waals surface area (Å²) >= 11 is 0. The summed E-state index contributed by atoms with van der Waals surface area (Å²) in [5.41, 5.74) is 1.98. The molecule has 3 aromatic rings. The molecule has 1 aromatic heterocycles. The average Bonchev–Trinajstić information content (AvgIpc) is 2.97. The van der Waals surface area contributed by atoms with Crippen molar-refractivity contribution in [3.05, 3.63) is 60.7 Å². The Balaban J connectivity index is 0.00000100. The van der Waals surface area contributed by atoms with Crippen LogP contribution in [0.4, 0.5) is 11.5 Å². The lowest BCUT2D eigenvalue weighted by atomic mass is 10.1. The Hall–Kier alpha value is -3.12. The van der Waals surface area contributed by atoms with Crippen molar-refractivity contribution >= 4 is 11.5 Å². The zero-order chi connectivity index (χ0) is 17.5. The molecule has 0 amide bonds. The first kappa shape index (κ1) is 17.2. The highest BCUT2D eigenvalue weighted by molar-refractivity contribution is 5.69. The van der Waals surface area contributed by atoms with Crippen LogP contribution in [0.5, 0.6) is 11.5 Å². The van der Waals surface area contributed by atoms with Gasteiger partial charge in [0, 0.05) is 19.7 Å². The molecule has 1 heterocycles. The molecule has 0 fully saturated rings. The largest absolute Gasteiger partial charge is 0.507 e. The second-order valence-electron chi connectivity index (χ2n) is 4.84. The number of azo groups is 1. The Morgan fingerprint density at radius 1 is 0.750 bits per heavy atom. The summed E-state index contributed by atoms with van der Waals surface area (Å²) in [4.78, 5) is 0. The highest BCUT2D eigenvalue weighted by atomic mass is 16.3. The minimum atomic E-state index is 0.0846. The van der Waals surface area contributed by atoms with Crippen molar-refractivity contribution in [1.82, 2.24) is 4.57 Å². The maximum Gasteiger partial charge on any atom is 0.155 e. The lowest BCUT2D eigenvalue weighted by Gasteiger charge is -2.06. The van der Waals surface area contributed by atoms with Crippen LogP contribution in [-0.2, 0) is 7.05 Å². The van der Waals surface area contributed by atoms with Gasteiger partial charge >= 0.3 is 0 Å². The lowest BCUT2D eigenvalue weighted by molar-refractivity contribution is 0.399. The number of aromatic hydroxyl groups is 2. The van der Waals surface area contributed by atoms with Gasteiger partial charge in [-0.15, -0.1) is 10.2 Å².